The van der Waals surface area contributed by atoms with Crippen LogP contribution in [0.1, 0.15) is 26.2 Å². The Hall–Kier alpha value is -0.500. The number of hydrogen-bond acceptors (Lipinski definition) is 2. The van der Waals surface area contributed by atoms with E-state index in [-0.39, 0.29) is 4.87 Å². The molecule has 0 saturated heterocycles. The monoisotopic (exact) mass is 199 g/mol. The zero-order chi connectivity index (χ0) is 9.47. The first-order chi connectivity index (χ1) is 6.24. The summed E-state index contributed by atoms with van der Waals surface area (Å²) in [5.41, 5.74) is 0.797. The van der Waals surface area contributed by atoms with Gasteiger partial charge in [-0.05, 0) is 19.3 Å². The van der Waals surface area contributed by atoms with E-state index in [1.807, 2.05) is 0 Å². The normalized spacial score (nSPS) is 45.8. The molecule has 3 heteroatoms. The molecule has 0 heterocycles. The Morgan fingerprint density at radius 2 is 2.54 bits per heavy atom. The van der Waals surface area contributed by atoms with Gasteiger partial charge in [0.1, 0.15) is 0 Å². The molecular weight excluding hydrogens is 186 g/mol. The Bertz CT molecular complexity index is 274. The Labute approximate surface area is 83.3 Å². The third kappa shape index (κ3) is 1.05. The first-order valence-electron chi connectivity index (χ1n) is 4.82. The van der Waals surface area contributed by atoms with Crippen LogP contribution in [-0.4, -0.2) is 15.8 Å². The van der Waals surface area contributed by atoms with Gasteiger partial charge < -0.3 is 5.21 Å². The van der Waals surface area contributed by atoms with Gasteiger partial charge in [0, 0.05) is 11.8 Å². The Kier molecular flexibility index (Phi) is 2.11. The van der Waals surface area contributed by atoms with Crippen molar-refractivity contribution in [1.82, 2.24) is 0 Å². The zero-order valence-electron chi connectivity index (χ0n) is 7.70. The molecule has 2 rings (SSSR count). The highest BCUT2D eigenvalue weighted by Crippen LogP contribution is 2.53. The van der Waals surface area contributed by atoms with Gasteiger partial charge in [-0.1, -0.05) is 24.2 Å². The lowest BCUT2D eigenvalue weighted by Crippen LogP contribution is -2.59. The Morgan fingerprint density at radius 3 is 3.15 bits per heavy atom. The number of oxime groups is 1. The highest BCUT2D eigenvalue weighted by molar-refractivity contribution is 6.39. The lowest BCUT2D eigenvalue weighted by molar-refractivity contribution is 0.257. The van der Waals surface area contributed by atoms with Crippen molar-refractivity contribution >= 4 is 17.3 Å². The highest BCUT2D eigenvalue weighted by atomic mass is 35.5. The van der Waals surface area contributed by atoms with Gasteiger partial charge in [-0.3, -0.25) is 0 Å². The summed E-state index contributed by atoms with van der Waals surface area (Å²) < 4.78 is 0. The average molecular weight is 200 g/mol. The summed E-state index contributed by atoms with van der Waals surface area (Å²) in [6, 6.07) is 0. The first kappa shape index (κ1) is 9.07. The van der Waals surface area contributed by atoms with E-state index in [1.165, 1.54) is 0 Å². The van der Waals surface area contributed by atoms with E-state index in [4.69, 9.17) is 16.8 Å². The molecule has 13 heavy (non-hydrogen) atoms. The van der Waals surface area contributed by atoms with Crippen LogP contribution in [0.2, 0.25) is 0 Å². The summed E-state index contributed by atoms with van der Waals surface area (Å²) in [6.45, 7) is 2.11. The molecule has 0 radical (unpaired) electrons. The molecule has 0 aromatic heterocycles. The number of allylic oxidation sites excluding steroid dienone is 2. The molecule has 2 aliphatic rings. The molecule has 0 aliphatic heterocycles. The highest BCUT2D eigenvalue weighted by Gasteiger charge is 2.57. The van der Waals surface area contributed by atoms with E-state index in [1.54, 1.807) is 0 Å². The maximum atomic E-state index is 8.87. The van der Waals surface area contributed by atoms with Crippen molar-refractivity contribution in [2.45, 2.75) is 31.1 Å². The molecule has 0 amide bonds. The van der Waals surface area contributed by atoms with E-state index in [2.05, 4.69) is 24.2 Å². The van der Waals surface area contributed by atoms with Crippen molar-refractivity contribution in [1.29, 1.82) is 0 Å². The maximum Gasteiger partial charge on any atom is 0.0934 e. The minimum Gasteiger partial charge on any atom is -0.411 e. The standard InChI is InChI=1S/C10H14ClNO/c1-2-7-8-5-3-4-6-10(8,11)9(7)12-13/h3,5,7-8,13H,2,4,6H2,1H3. The minimum absolute atomic E-state index is 0.357. The topological polar surface area (TPSA) is 32.6 Å². The molecule has 1 saturated carbocycles. The van der Waals surface area contributed by atoms with Crippen molar-refractivity contribution in [3.05, 3.63) is 12.2 Å². The van der Waals surface area contributed by atoms with Gasteiger partial charge in [-0.25, -0.2) is 0 Å². The summed E-state index contributed by atoms with van der Waals surface area (Å²) in [6.07, 6.45) is 7.27. The number of hydrogen-bond donors (Lipinski definition) is 1. The maximum absolute atomic E-state index is 8.87. The fourth-order valence-corrected chi connectivity index (χ4v) is 3.11. The zero-order valence-corrected chi connectivity index (χ0v) is 8.46. The van der Waals surface area contributed by atoms with Crippen molar-refractivity contribution in [2.75, 3.05) is 0 Å². The largest absolute Gasteiger partial charge is 0.411 e. The molecule has 3 atom stereocenters. The van der Waals surface area contributed by atoms with E-state index < -0.39 is 0 Å². The van der Waals surface area contributed by atoms with Crippen molar-refractivity contribution < 1.29 is 5.21 Å². The van der Waals surface area contributed by atoms with Gasteiger partial charge in [0.05, 0.1) is 10.6 Å². The average Bonchev–Trinajstić information content (AvgIpc) is 2.12. The predicted molar refractivity (Wildman–Crippen MR) is 53.5 cm³/mol. The molecule has 2 aliphatic carbocycles. The van der Waals surface area contributed by atoms with E-state index >= 15 is 0 Å². The van der Waals surface area contributed by atoms with Crippen LogP contribution in [0.4, 0.5) is 0 Å². The Balaban J connectivity index is 2.29. The van der Waals surface area contributed by atoms with Crippen LogP contribution in [0.15, 0.2) is 17.3 Å². The van der Waals surface area contributed by atoms with Gasteiger partial charge >= 0.3 is 0 Å². The van der Waals surface area contributed by atoms with Crippen molar-refractivity contribution in [3.63, 3.8) is 0 Å². The number of fused-ring (bicyclic) bond motifs is 1. The molecular formula is C10H14ClNO. The first-order valence-corrected chi connectivity index (χ1v) is 5.20. The van der Waals surface area contributed by atoms with E-state index in [0.717, 1.165) is 25.0 Å². The molecule has 1 N–H and O–H groups in total. The van der Waals surface area contributed by atoms with Crippen molar-refractivity contribution in [2.24, 2.45) is 17.0 Å². The van der Waals surface area contributed by atoms with Crippen LogP contribution >= 0.6 is 11.6 Å². The fourth-order valence-electron chi connectivity index (χ4n) is 2.59. The summed E-state index contributed by atoms with van der Waals surface area (Å²) in [7, 11) is 0. The van der Waals surface area contributed by atoms with Crippen LogP contribution in [0.3, 0.4) is 0 Å². The van der Waals surface area contributed by atoms with Crippen LogP contribution in [0, 0.1) is 11.8 Å². The van der Waals surface area contributed by atoms with Gasteiger partial charge in [0.15, 0.2) is 0 Å². The molecule has 72 valence electrons. The van der Waals surface area contributed by atoms with E-state index in [0.29, 0.717) is 11.8 Å². The summed E-state index contributed by atoms with van der Waals surface area (Å²) in [5.74, 6) is 0.748. The summed E-state index contributed by atoms with van der Waals surface area (Å²) >= 11 is 6.41. The van der Waals surface area contributed by atoms with Crippen LogP contribution in [0.25, 0.3) is 0 Å². The number of nitrogens with zero attached hydrogens (tertiary/aromatic N) is 1. The Morgan fingerprint density at radius 1 is 1.77 bits per heavy atom. The van der Waals surface area contributed by atoms with Gasteiger partial charge in [0.2, 0.25) is 0 Å². The molecule has 0 aromatic carbocycles. The second-order valence-electron chi connectivity index (χ2n) is 3.86. The smallest absolute Gasteiger partial charge is 0.0934 e. The van der Waals surface area contributed by atoms with Gasteiger partial charge in [0.25, 0.3) is 0 Å². The predicted octanol–water partition coefficient (Wildman–Crippen LogP) is 2.80. The molecule has 0 aromatic rings. The fraction of sp³-hybridized carbons (Fsp3) is 0.700. The van der Waals surface area contributed by atoms with Crippen LogP contribution in [-0.2, 0) is 0 Å². The third-order valence-electron chi connectivity index (χ3n) is 3.30. The van der Waals surface area contributed by atoms with Crippen LogP contribution in [0.5, 0.6) is 0 Å². The van der Waals surface area contributed by atoms with Gasteiger partial charge in [-0.2, -0.15) is 0 Å². The van der Waals surface area contributed by atoms with E-state index in [9.17, 15) is 0 Å². The van der Waals surface area contributed by atoms with Crippen molar-refractivity contribution in [3.8, 4) is 0 Å². The van der Waals surface area contributed by atoms with Crippen LogP contribution < -0.4 is 0 Å². The second-order valence-corrected chi connectivity index (χ2v) is 4.53. The minimum atomic E-state index is -0.357. The lowest BCUT2D eigenvalue weighted by Gasteiger charge is -2.52. The summed E-state index contributed by atoms with van der Waals surface area (Å²) in [4.78, 5) is -0.357. The third-order valence-corrected chi connectivity index (χ3v) is 3.94. The second kappa shape index (κ2) is 3.02. The summed E-state index contributed by atoms with van der Waals surface area (Å²) in [5, 5.41) is 12.2. The van der Waals surface area contributed by atoms with Gasteiger partial charge in [-0.15, -0.1) is 11.6 Å². The molecule has 1 fully saturated rings. The quantitative estimate of drug-likeness (QED) is 0.300. The number of alkyl halides is 1. The number of halogens is 1. The molecule has 0 bridgehead atoms. The molecule has 3 unspecified atom stereocenters. The number of rotatable bonds is 1. The SMILES string of the molecule is CCC1C(=NO)C2(Cl)CCC=CC12. The molecule has 2 nitrogen and oxygen atoms in total. The lowest BCUT2D eigenvalue weighted by atomic mass is 9.58. The molecule has 0 spiro atoms.